The third-order valence-electron chi connectivity index (χ3n) is 5.28. The average Bonchev–Trinajstić information content (AvgIpc) is 2.72. The van der Waals surface area contributed by atoms with Crippen molar-refractivity contribution in [3.05, 3.63) is 47.0 Å². The maximum absolute atomic E-state index is 12.8. The predicted molar refractivity (Wildman–Crippen MR) is 105 cm³/mol. The Hall–Kier alpha value is -2.83. The molecule has 0 spiro atoms. The summed E-state index contributed by atoms with van der Waals surface area (Å²) >= 11 is 0. The van der Waals surface area contributed by atoms with Gasteiger partial charge in [-0.2, -0.15) is 0 Å². The lowest BCUT2D eigenvalue weighted by Crippen LogP contribution is -2.50. The van der Waals surface area contributed by atoms with E-state index in [1.54, 1.807) is 7.11 Å². The minimum absolute atomic E-state index is 0.0496. The van der Waals surface area contributed by atoms with Gasteiger partial charge in [-0.15, -0.1) is 0 Å². The molecule has 2 aromatic rings. The van der Waals surface area contributed by atoms with Gasteiger partial charge in [-0.3, -0.25) is 0 Å². The van der Waals surface area contributed by atoms with Crippen molar-refractivity contribution in [3.63, 3.8) is 0 Å². The first-order valence-corrected chi connectivity index (χ1v) is 9.73. The van der Waals surface area contributed by atoms with Gasteiger partial charge < -0.3 is 19.7 Å². The van der Waals surface area contributed by atoms with E-state index in [0.29, 0.717) is 19.7 Å². The van der Waals surface area contributed by atoms with Crippen LogP contribution < -0.4 is 14.8 Å². The quantitative estimate of drug-likeness (QED) is 0.883. The number of urea groups is 1. The Morgan fingerprint density at radius 1 is 1.36 bits per heavy atom. The van der Waals surface area contributed by atoms with Crippen LogP contribution in [0.2, 0.25) is 0 Å². The van der Waals surface area contributed by atoms with E-state index in [-0.39, 0.29) is 18.0 Å². The van der Waals surface area contributed by atoms with Gasteiger partial charge in [-0.1, -0.05) is 19.9 Å². The fourth-order valence-corrected chi connectivity index (χ4v) is 3.61. The van der Waals surface area contributed by atoms with E-state index < -0.39 is 0 Å². The second-order valence-corrected chi connectivity index (χ2v) is 7.66. The molecule has 0 fully saturated rings. The summed E-state index contributed by atoms with van der Waals surface area (Å²) < 4.78 is 11.1. The van der Waals surface area contributed by atoms with Crippen LogP contribution in [-0.4, -0.2) is 47.2 Å². The molecule has 2 aliphatic rings. The van der Waals surface area contributed by atoms with Crippen LogP contribution in [0, 0.1) is 0 Å². The van der Waals surface area contributed by atoms with Gasteiger partial charge in [0.2, 0.25) is 0 Å². The number of aromatic nitrogens is 2. The number of carbonyl (C=O) groups is 1. The molecule has 0 bridgehead atoms. The number of hydrogen-bond donors (Lipinski definition) is 1. The molecule has 1 aromatic heterocycles. The first-order valence-electron chi connectivity index (χ1n) is 9.73. The number of hydrogen-bond acceptors (Lipinski definition) is 5. The monoisotopic (exact) mass is 382 g/mol. The predicted octanol–water partition coefficient (Wildman–Crippen LogP) is 2.68. The van der Waals surface area contributed by atoms with E-state index in [9.17, 15) is 4.79 Å². The van der Waals surface area contributed by atoms with E-state index in [1.165, 1.54) is 0 Å². The molecule has 1 N–H and O–H groups in total. The van der Waals surface area contributed by atoms with Crippen molar-refractivity contribution in [3.8, 4) is 11.5 Å². The molecule has 0 saturated carbocycles. The largest absolute Gasteiger partial charge is 0.497 e. The maximum atomic E-state index is 12.8. The van der Waals surface area contributed by atoms with Gasteiger partial charge in [-0.25, -0.2) is 14.8 Å². The molecule has 28 heavy (non-hydrogen) atoms. The molecule has 0 radical (unpaired) electrons. The highest BCUT2D eigenvalue weighted by atomic mass is 16.5. The number of ether oxygens (including phenoxy) is 2. The van der Waals surface area contributed by atoms with Crippen molar-refractivity contribution >= 4 is 6.03 Å². The summed E-state index contributed by atoms with van der Waals surface area (Å²) in [5.41, 5.74) is 3.17. The van der Waals surface area contributed by atoms with Crippen LogP contribution in [0.3, 0.4) is 0 Å². The van der Waals surface area contributed by atoms with Crippen molar-refractivity contribution in [1.29, 1.82) is 0 Å². The summed E-state index contributed by atoms with van der Waals surface area (Å²) in [4.78, 5) is 23.7. The Bertz CT molecular complexity index is 884. The van der Waals surface area contributed by atoms with Crippen LogP contribution in [-0.2, 0) is 19.4 Å². The molecule has 148 valence electrons. The second-order valence-electron chi connectivity index (χ2n) is 7.66. The number of benzene rings is 1. The lowest BCUT2D eigenvalue weighted by Gasteiger charge is -2.32. The molecule has 2 amide bonds. The van der Waals surface area contributed by atoms with E-state index in [4.69, 9.17) is 9.47 Å². The summed E-state index contributed by atoms with van der Waals surface area (Å²) in [5.74, 6) is 2.70. The topological polar surface area (TPSA) is 76.6 Å². The van der Waals surface area contributed by atoms with Gasteiger partial charge >= 0.3 is 6.03 Å². The SMILES string of the molecule is COc1ccc2c(c1)OCC(NC(=O)N1CCc3cnc(C(C)C)nc3C1)C2. The smallest absolute Gasteiger partial charge is 0.318 e. The number of carbonyl (C=O) groups excluding carboxylic acids is 1. The summed E-state index contributed by atoms with van der Waals surface area (Å²) in [6, 6.07) is 5.68. The first kappa shape index (κ1) is 18.5. The average molecular weight is 382 g/mol. The van der Waals surface area contributed by atoms with Crippen LogP contribution >= 0.6 is 0 Å². The molecule has 0 saturated heterocycles. The van der Waals surface area contributed by atoms with Crippen LogP contribution in [0.15, 0.2) is 24.4 Å². The van der Waals surface area contributed by atoms with E-state index in [1.807, 2.05) is 29.3 Å². The second kappa shape index (κ2) is 7.66. The summed E-state index contributed by atoms with van der Waals surface area (Å²) in [5, 5.41) is 3.11. The zero-order chi connectivity index (χ0) is 19.7. The number of amides is 2. The van der Waals surface area contributed by atoms with E-state index >= 15 is 0 Å². The summed E-state index contributed by atoms with van der Waals surface area (Å²) in [6.45, 7) is 5.79. The first-order chi connectivity index (χ1) is 13.5. The molecule has 7 heteroatoms. The molecule has 1 atom stereocenters. The zero-order valence-electron chi connectivity index (χ0n) is 16.6. The molecule has 1 aromatic carbocycles. The van der Waals surface area contributed by atoms with Crippen molar-refractivity contribution in [2.75, 3.05) is 20.3 Å². The van der Waals surface area contributed by atoms with Crippen molar-refractivity contribution in [1.82, 2.24) is 20.2 Å². The Kier molecular flexibility index (Phi) is 5.07. The number of nitrogens with zero attached hydrogens (tertiary/aromatic N) is 3. The van der Waals surface area contributed by atoms with E-state index in [0.717, 1.165) is 47.0 Å². The highest BCUT2D eigenvalue weighted by Crippen LogP contribution is 2.29. The fraction of sp³-hybridized carbons (Fsp3) is 0.476. The Morgan fingerprint density at radius 2 is 2.21 bits per heavy atom. The zero-order valence-corrected chi connectivity index (χ0v) is 16.6. The number of methoxy groups -OCH3 is 1. The molecule has 7 nitrogen and oxygen atoms in total. The van der Waals surface area contributed by atoms with Gasteiger partial charge in [0.1, 0.15) is 23.9 Å². The number of fused-ring (bicyclic) bond motifs is 2. The molecule has 3 heterocycles. The minimum atomic E-state index is -0.0686. The molecule has 2 aliphatic heterocycles. The summed E-state index contributed by atoms with van der Waals surface area (Å²) in [6.07, 6.45) is 3.44. The van der Waals surface area contributed by atoms with E-state index in [2.05, 4.69) is 29.1 Å². The fourth-order valence-electron chi connectivity index (χ4n) is 3.61. The number of nitrogens with one attached hydrogen (secondary N) is 1. The molecular formula is C21H26N4O3. The van der Waals surface area contributed by atoms with Gasteiger partial charge in [0.25, 0.3) is 0 Å². The van der Waals surface area contributed by atoms with Crippen molar-refractivity contribution in [2.24, 2.45) is 0 Å². The standard InChI is InChI=1S/C21H26N4O3/c1-13(2)20-22-10-15-6-7-25(11-18(15)24-20)21(26)23-16-8-14-4-5-17(27-3)9-19(14)28-12-16/h4-5,9-10,13,16H,6-8,11-12H2,1-3H3,(H,23,26). The number of rotatable bonds is 3. The molecular weight excluding hydrogens is 356 g/mol. The Labute approximate surface area is 165 Å². The van der Waals surface area contributed by atoms with Gasteiger partial charge in [0.15, 0.2) is 0 Å². The summed E-state index contributed by atoms with van der Waals surface area (Å²) in [7, 11) is 1.64. The molecule has 0 aliphatic carbocycles. The Morgan fingerprint density at radius 3 is 3.00 bits per heavy atom. The van der Waals surface area contributed by atoms with Gasteiger partial charge in [-0.05, 0) is 30.0 Å². The van der Waals surface area contributed by atoms with Crippen molar-refractivity contribution in [2.45, 2.75) is 45.2 Å². The highest BCUT2D eigenvalue weighted by molar-refractivity contribution is 5.75. The lowest BCUT2D eigenvalue weighted by atomic mass is 10.0. The third-order valence-corrected chi connectivity index (χ3v) is 5.28. The minimum Gasteiger partial charge on any atom is -0.497 e. The van der Waals surface area contributed by atoms with Crippen LogP contribution in [0.25, 0.3) is 0 Å². The van der Waals surface area contributed by atoms with Gasteiger partial charge in [0, 0.05) is 24.7 Å². The molecule has 1 unspecified atom stereocenters. The van der Waals surface area contributed by atoms with Crippen molar-refractivity contribution < 1.29 is 14.3 Å². The van der Waals surface area contributed by atoms with Crippen LogP contribution in [0.5, 0.6) is 11.5 Å². The lowest BCUT2D eigenvalue weighted by molar-refractivity contribution is 0.175. The Balaban J connectivity index is 1.40. The molecule has 4 rings (SSSR count). The highest BCUT2D eigenvalue weighted by Gasteiger charge is 2.27. The normalized spacial score (nSPS) is 18.1. The third kappa shape index (κ3) is 3.74. The van der Waals surface area contributed by atoms with Crippen LogP contribution in [0.4, 0.5) is 4.79 Å². The van der Waals surface area contributed by atoms with Crippen LogP contribution in [0.1, 0.15) is 42.4 Å². The van der Waals surface area contributed by atoms with Gasteiger partial charge in [0.05, 0.1) is 25.4 Å². The maximum Gasteiger partial charge on any atom is 0.318 e.